The number of hydrogen-bond acceptors (Lipinski definition) is 2. The van der Waals surface area contributed by atoms with Crippen LogP contribution in [0, 0.1) is 5.92 Å². The van der Waals surface area contributed by atoms with Crippen LogP contribution in [0.3, 0.4) is 0 Å². The largest absolute Gasteiger partial charge is 0.316 e. The lowest BCUT2D eigenvalue weighted by Gasteiger charge is -2.29. The number of rotatable bonds is 6. The average Bonchev–Trinajstić information content (AvgIpc) is 3.33. The van der Waals surface area contributed by atoms with Crippen molar-refractivity contribution in [2.75, 3.05) is 26.2 Å². The molecule has 1 saturated heterocycles. The molecule has 20 heavy (non-hydrogen) atoms. The summed E-state index contributed by atoms with van der Waals surface area (Å²) in [7, 11) is 0. The van der Waals surface area contributed by atoms with Gasteiger partial charge in [-0.1, -0.05) is 31.2 Å². The van der Waals surface area contributed by atoms with Crippen LogP contribution in [0.2, 0.25) is 0 Å². The molecule has 0 amide bonds. The summed E-state index contributed by atoms with van der Waals surface area (Å²) in [6.45, 7) is 8.24. The molecule has 1 saturated carbocycles. The van der Waals surface area contributed by atoms with Gasteiger partial charge < -0.3 is 5.32 Å². The van der Waals surface area contributed by atoms with Crippen LogP contribution in [0.15, 0.2) is 24.3 Å². The molecule has 1 atom stereocenters. The Morgan fingerprint density at radius 3 is 2.85 bits per heavy atom. The van der Waals surface area contributed by atoms with Gasteiger partial charge in [-0.3, -0.25) is 4.90 Å². The summed E-state index contributed by atoms with van der Waals surface area (Å²) in [4.78, 5) is 2.61. The lowest BCUT2D eigenvalue weighted by Crippen LogP contribution is -2.38. The molecule has 1 N–H and O–H groups in total. The van der Waals surface area contributed by atoms with Gasteiger partial charge in [0.05, 0.1) is 0 Å². The van der Waals surface area contributed by atoms with Gasteiger partial charge in [0.2, 0.25) is 0 Å². The zero-order chi connectivity index (χ0) is 13.8. The lowest BCUT2D eigenvalue weighted by molar-refractivity contribution is 0.209. The van der Waals surface area contributed by atoms with Crippen molar-refractivity contribution < 1.29 is 0 Å². The molecule has 2 nitrogen and oxygen atoms in total. The van der Waals surface area contributed by atoms with E-state index < -0.39 is 0 Å². The lowest BCUT2D eigenvalue weighted by atomic mass is 9.98. The van der Waals surface area contributed by atoms with Gasteiger partial charge in [-0.2, -0.15) is 0 Å². The van der Waals surface area contributed by atoms with E-state index in [-0.39, 0.29) is 0 Å². The molecule has 1 aliphatic carbocycles. The van der Waals surface area contributed by atoms with Gasteiger partial charge >= 0.3 is 0 Å². The first-order chi connectivity index (χ1) is 9.85. The Morgan fingerprint density at radius 2 is 2.15 bits per heavy atom. The number of benzene rings is 1. The molecule has 0 bridgehead atoms. The molecule has 2 fully saturated rings. The molecule has 0 radical (unpaired) electrons. The smallest absolute Gasteiger partial charge is 0.0233 e. The van der Waals surface area contributed by atoms with Gasteiger partial charge in [-0.25, -0.2) is 0 Å². The number of hydrogen-bond donors (Lipinski definition) is 1. The Kier molecular flexibility index (Phi) is 4.74. The third-order valence-corrected chi connectivity index (χ3v) is 4.77. The minimum Gasteiger partial charge on any atom is -0.316 e. The quantitative estimate of drug-likeness (QED) is 0.854. The molecule has 1 unspecified atom stereocenters. The number of nitrogens with one attached hydrogen (secondary N) is 1. The molecule has 0 spiro atoms. The SMILES string of the molecule is CCN(Cc1cccc(C2CC2)c1)CC1CCCNC1. The van der Waals surface area contributed by atoms with Gasteiger partial charge in [0, 0.05) is 13.1 Å². The van der Waals surface area contributed by atoms with Crippen LogP contribution in [0.25, 0.3) is 0 Å². The highest BCUT2D eigenvalue weighted by Gasteiger charge is 2.23. The van der Waals surface area contributed by atoms with E-state index in [2.05, 4.69) is 41.4 Å². The van der Waals surface area contributed by atoms with Crippen LogP contribution in [0.4, 0.5) is 0 Å². The second kappa shape index (κ2) is 6.73. The zero-order valence-corrected chi connectivity index (χ0v) is 12.8. The molecule has 2 heteroatoms. The summed E-state index contributed by atoms with van der Waals surface area (Å²) in [5, 5.41) is 3.53. The first kappa shape index (κ1) is 14.1. The highest BCUT2D eigenvalue weighted by atomic mass is 15.1. The van der Waals surface area contributed by atoms with Crippen LogP contribution in [-0.2, 0) is 6.54 Å². The second-order valence-electron chi connectivity index (χ2n) is 6.56. The van der Waals surface area contributed by atoms with Crippen molar-refractivity contribution in [1.29, 1.82) is 0 Å². The molecule has 1 heterocycles. The Morgan fingerprint density at radius 1 is 1.25 bits per heavy atom. The fourth-order valence-corrected chi connectivity index (χ4v) is 3.37. The molecule has 0 aromatic heterocycles. The van der Waals surface area contributed by atoms with Gasteiger partial charge in [0.1, 0.15) is 0 Å². The highest BCUT2D eigenvalue weighted by Crippen LogP contribution is 2.40. The molecule has 3 rings (SSSR count). The second-order valence-corrected chi connectivity index (χ2v) is 6.56. The van der Waals surface area contributed by atoms with E-state index in [1.165, 1.54) is 50.9 Å². The predicted octanol–water partition coefficient (Wildman–Crippen LogP) is 3.39. The molecule has 1 aromatic rings. The summed E-state index contributed by atoms with van der Waals surface area (Å²) in [5.74, 6) is 1.71. The topological polar surface area (TPSA) is 15.3 Å². The van der Waals surface area contributed by atoms with Crippen molar-refractivity contribution in [2.45, 2.75) is 45.1 Å². The van der Waals surface area contributed by atoms with E-state index in [9.17, 15) is 0 Å². The fourth-order valence-electron chi connectivity index (χ4n) is 3.37. The highest BCUT2D eigenvalue weighted by molar-refractivity contribution is 5.29. The van der Waals surface area contributed by atoms with Crippen molar-refractivity contribution in [3.05, 3.63) is 35.4 Å². The Hall–Kier alpha value is -0.860. The van der Waals surface area contributed by atoms with Gasteiger partial charge in [0.15, 0.2) is 0 Å². The molecular weight excluding hydrogens is 244 g/mol. The van der Waals surface area contributed by atoms with Crippen LogP contribution in [-0.4, -0.2) is 31.1 Å². The molecule has 1 aromatic carbocycles. The number of piperidine rings is 1. The van der Waals surface area contributed by atoms with Crippen LogP contribution < -0.4 is 5.32 Å². The summed E-state index contributed by atoms with van der Waals surface area (Å²) >= 11 is 0. The normalized spacial score (nSPS) is 23.2. The third-order valence-electron chi connectivity index (χ3n) is 4.77. The van der Waals surface area contributed by atoms with E-state index in [0.717, 1.165) is 24.9 Å². The minimum absolute atomic E-state index is 0.843. The summed E-state index contributed by atoms with van der Waals surface area (Å²) < 4.78 is 0. The third kappa shape index (κ3) is 3.83. The Labute approximate surface area is 123 Å². The zero-order valence-electron chi connectivity index (χ0n) is 12.8. The van der Waals surface area contributed by atoms with E-state index in [4.69, 9.17) is 0 Å². The maximum Gasteiger partial charge on any atom is 0.0233 e. The first-order valence-corrected chi connectivity index (χ1v) is 8.37. The van der Waals surface area contributed by atoms with E-state index >= 15 is 0 Å². The van der Waals surface area contributed by atoms with Crippen molar-refractivity contribution >= 4 is 0 Å². The predicted molar refractivity (Wildman–Crippen MR) is 85.0 cm³/mol. The minimum atomic E-state index is 0.843. The molecule has 2 aliphatic rings. The number of nitrogens with zero attached hydrogens (tertiary/aromatic N) is 1. The van der Waals surface area contributed by atoms with Crippen molar-refractivity contribution in [3.8, 4) is 0 Å². The Bertz CT molecular complexity index is 419. The van der Waals surface area contributed by atoms with Gasteiger partial charge in [-0.15, -0.1) is 0 Å². The monoisotopic (exact) mass is 272 g/mol. The van der Waals surface area contributed by atoms with Crippen molar-refractivity contribution in [3.63, 3.8) is 0 Å². The maximum atomic E-state index is 3.53. The van der Waals surface area contributed by atoms with Gasteiger partial charge in [-0.05, 0) is 68.3 Å². The standard InChI is InChI=1S/C18H28N2/c1-2-20(14-16-6-4-10-19-12-16)13-15-5-3-7-18(11-15)17-8-9-17/h3,5,7,11,16-17,19H,2,4,6,8-10,12-14H2,1H3. The van der Waals surface area contributed by atoms with E-state index in [1.807, 2.05) is 0 Å². The summed E-state index contributed by atoms with van der Waals surface area (Å²) in [5.41, 5.74) is 3.07. The van der Waals surface area contributed by atoms with Gasteiger partial charge in [0.25, 0.3) is 0 Å². The maximum absolute atomic E-state index is 3.53. The van der Waals surface area contributed by atoms with Crippen molar-refractivity contribution in [1.82, 2.24) is 10.2 Å². The van der Waals surface area contributed by atoms with Crippen LogP contribution >= 0.6 is 0 Å². The Balaban J connectivity index is 1.57. The summed E-state index contributed by atoms with van der Waals surface area (Å²) in [6, 6.07) is 9.30. The van der Waals surface area contributed by atoms with E-state index in [0.29, 0.717) is 0 Å². The first-order valence-electron chi connectivity index (χ1n) is 8.37. The van der Waals surface area contributed by atoms with Crippen LogP contribution in [0.1, 0.15) is 49.7 Å². The van der Waals surface area contributed by atoms with Crippen LogP contribution in [0.5, 0.6) is 0 Å². The van der Waals surface area contributed by atoms with Crippen molar-refractivity contribution in [2.24, 2.45) is 5.92 Å². The average molecular weight is 272 g/mol. The summed E-state index contributed by atoms with van der Waals surface area (Å²) in [6.07, 6.45) is 5.54. The fraction of sp³-hybridized carbons (Fsp3) is 0.667. The molecule has 110 valence electrons. The molecular formula is C18H28N2. The molecule has 1 aliphatic heterocycles. The van der Waals surface area contributed by atoms with E-state index in [1.54, 1.807) is 5.56 Å².